The van der Waals surface area contributed by atoms with Gasteiger partial charge in [0.1, 0.15) is 5.75 Å². The van der Waals surface area contributed by atoms with E-state index in [1.54, 1.807) is 0 Å². The quantitative estimate of drug-likeness (QED) is 0.840. The standard InChI is InChI=1S/C14H21NO2/c1-10(9-16)11(2)15-13-7-8-17-14-6-4-3-5-12(13)14/h3-6,10-11,13,15-16H,7-9H2,1-2H3. The second-order valence-corrected chi connectivity index (χ2v) is 4.84. The molecule has 0 radical (unpaired) electrons. The van der Waals surface area contributed by atoms with Crippen molar-refractivity contribution in [2.45, 2.75) is 32.4 Å². The zero-order valence-electron chi connectivity index (χ0n) is 10.5. The van der Waals surface area contributed by atoms with Gasteiger partial charge >= 0.3 is 0 Å². The average molecular weight is 235 g/mol. The molecule has 0 fully saturated rings. The molecule has 2 rings (SSSR count). The maximum Gasteiger partial charge on any atom is 0.124 e. The predicted octanol–water partition coefficient (Wildman–Crippen LogP) is 2.12. The van der Waals surface area contributed by atoms with E-state index in [-0.39, 0.29) is 12.5 Å². The molecule has 1 aliphatic rings. The summed E-state index contributed by atoms with van der Waals surface area (Å²) in [5, 5.41) is 12.8. The highest BCUT2D eigenvalue weighted by Gasteiger charge is 2.23. The van der Waals surface area contributed by atoms with Crippen LogP contribution in [0.25, 0.3) is 0 Å². The number of aliphatic hydroxyl groups excluding tert-OH is 1. The summed E-state index contributed by atoms with van der Waals surface area (Å²) in [6.07, 6.45) is 0.986. The van der Waals surface area contributed by atoms with Gasteiger partial charge in [-0.3, -0.25) is 0 Å². The van der Waals surface area contributed by atoms with Gasteiger partial charge in [-0.15, -0.1) is 0 Å². The van der Waals surface area contributed by atoms with Crippen molar-refractivity contribution in [3.05, 3.63) is 29.8 Å². The summed E-state index contributed by atoms with van der Waals surface area (Å²) in [7, 11) is 0. The maximum absolute atomic E-state index is 9.17. The van der Waals surface area contributed by atoms with Gasteiger partial charge in [0, 0.05) is 30.7 Å². The largest absolute Gasteiger partial charge is 0.493 e. The topological polar surface area (TPSA) is 41.5 Å². The number of para-hydroxylation sites is 1. The average Bonchev–Trinajstić information content (AvgIpc) is 2.38. The lowest BCUT2D eigenvalue weighted by Crippen LogP contribution is -2.38. The molecule has 0 aromatic heterocycles. The highest BCUT2D eigenvalue weighted by atomic mass is 16.5. The monoisotopic (exact) mass is 235 g/mol. The highest BCUT2D eigenvalue weighted by molar-refractivity contribution is 5.37. The van der Waals surface area contributed by atoms with Gasteiger partial charge in [-0.05, 0) is 18.9 Å². The molecule has 0 spiro atoms. The first-order valence-corrected chi connectivity index (χ1v) is 6.31. The normalized spacial score (nSPS) is 22.4. The van der Waals surface area contributed by atoms with Crippen LogP contribution in [0.5, 0.6) is 5.75 Å². The molecule has 94 valence electrons. The number of hydrogen-bond donors (Lipinski definition) is 2. The van der Waals surface area contributed by atoms with Crippen molar-refractivity contribution in [3.8, 4) is 5.75 Å². The number of nitrogens with one attached hydrogen (secondary N) is 1. The molecule has 0 saturated carbocycles. The third-order valence-electron chi connectivity index (χ3n) is 3.56. The van der Waals surface area contributed by atoms with Gasteiger partial charge < -0.3 is 15.2 Å². The van der Waals surface area contributed by atoms with E-state index in [4.69, 9.17) is 9.84 Å². The number of benzene rings is 1. The first-order valence-electron chi connectivity index (χ1n) is 6.31. The summed E-state index contributed by atoms with van der Waals surface area (Å²) in [4.78, 5) is 0. The van der Waals surface area contributed by atoms with Crippen LogP contribution in [0.15, 0.2) is 24.3 Å². The van der Waals surface area contributed by atoms with E-state index >= 15 is 0 Å². The lowest BCUT2D eigenvalue weighted by atomic mass is 9.97. The Hall–Kier alpha value is -1.06. The zero-order valence-corrected chi connectivity index (χ0v) is 10.5. The zero-order chi connectivity index (χ0) is 12.3. The minimum Gasteiger partial charge on any atom is -0.493 e. The molecular formula is C14H21NO2. The second kappa shape index (κ2) is 5.52. The van der Waals surface area contributed by atoms with Crippen molar-refractivity contribution >= 4 is 0 Å². The molecule has 3 heteroatoms. The third-order valence-corrected chi connectivity index (χ3v) is 3.56. The summed E-state index contributed by atoms with van der Waals surface area (Å²) >= 11 is 0. The molecule has 1 aliphatic heterocycles. The molecule has 0 bridgehead atoms. The number of aliphatic hydroxyl groups is 1. The first kappa shape index (κ1) is 12.4. The third kappa shape index (κ3) is 2.79. The maximum atomic E-state index is 9.17. The number of rotatable bonds is 4. The molecular weight excluding hydrogens is 214 g/mol. The first-order chi connectivity index (χ1) is 8.22. The Morgan fingerprint density at radius 1 is 1.41 bits per heavy atom. The second-order valence-electron chi connectivity index (χ2n) is 4.84. The van der Waals surface area contributed by atoms with E-state index in [2.05, 4.69) is 25.2 Å². The predicted molar refractivity (Wildman–Crippen MR) is 68.1 cm³/mol. The fourth-order valence-corrected chi connectivity index (χ4v) is 2.15. The van der Waals surface area contributed by atoms with Gasteiger partial charge in [0.2, 0.25) is 0 Å². The fraction of sp³-hybridized carbons (Fsp3) is 0.571. The molecule has 1 aromatic carbocycles. The van der Waals surface area contributed by atoms with E-state index < -0.39 is 0 Å². The lowest BCUT2D eigenvalue weighted by Gasteiger charge is -2.31. The Balaban J connectivity index is 2.08. The minimum atomic E-state index is 0.221. The van der Waals surface area contributed by atoms with Crippen LogP contribution in [0.4, 0.5) is 0 Å². The van der Waals surface area contributed by atoms with Gasteiger partial charge in [-0.1, -0.05) is 25.1 Å². The minimum absolute atomic E-state index is 0.221. The Morgan fingerprint density at radius 2 is 2.18 bits per heavy atom. The summed E-state index contributed by atoms with van der Waals surface area (Å²) in [5.74, 6) is 1.25. The van der Waals surface area contributed by atoms with Crippen molar-refractivity contribution in [3.63, 3.8) is 0 Å². The summed E-state index contributed by atoms with van der Waals surface area (Å²) < 4.78 is 5.63. The molecule has 3 unspecified atom stereocenters. The van der Waals surface area contributed by atoms with Crippen LogP contribution < -0.4 is 10.1 Å². The molecule has 2 N–H and O–H groups in total. The van der Waals surface area contributed by atoms with Gasteiger partial charge in [-0.25, -0.2) is 0 Å². The summed E-state index contributed by atoms with van der Waals surface area (Å²) in [6, 6.07) is 8.81. The molecule has 3 nitrogen and oxygen atoms in total. The van der Waals surface area contributed by atoms with Gasteiger partial charge in [-0.2, -0.15) is 0 Å². The van der Waals surface area contributed by atoms with Crippen LogP contribution in [0.2, 0.25) is 0 Å². The van der Waals surface area contributed by atoms with E-state index in [1.807, 2.05) is 18.2 Å². The summed E-state index contributed by atoms with van der Waals surface area (Å²) in [5.41, 5.74) is 1.23. The van der Waals surface area contributed by atoms with Crippen LogP contribution in [0.1, 0.15) is 31.9 Å². The van der Waals surface area contributed by atoms with Crippen molar-refractivity contribution in [2.75, 3.05) is 13.2 Å². The van der Waals surface area contributed by atoms with Crippen LogP contribution in [0, 0.1) is 5.92 Å². The Labute approximate surface area is 103 Å². The summed E-state index contributed by atoms with van der Waals surface area (Å²) in [6.45, 7) is 5.16. The van der Waals surface area contributed by atoms with Gasteiger partial charge in [0.15, 0.2) is 0 Å². The van der Waals surface area contributed by atoms with E-state index in [1.165, 1.54) is 5.56 Å². The Kier molecular flexibility index (Phi) is 4.02. The van der Waals surface area contributed by atoms with Crippen LogP contribution >= 0.6 is 0 Å². The molecule has 3 atom stereocenters. The van der Waals surface area contributed by atoms with Crippen LogP contribution in [0.3, 0.4) is 0 Å². The van der Waals surface area contributed by atoms with Crippen molar-refractivity contribution in [1.82, 2.24) is 5.32 Å². The Morgan fingerprint density at radius 3 is 2.94 bits per heavy atom. The van der Waals surface area contributed by atoms with Crippen LogP contribution in [-0.2, 0) is 0 Å². The van der Waals surface area contributed by atoms with E-state index in [0.29, 0.717) is 12.1 Å². The smallest absolute Gasteiger partial charge is 0.124 e. The van der Waals surface area contributed by atoms with Crippen molar-refractivity contribution in [2.24, 2.45) is 5.92 Å². The Bertz CT molecular complexity index is 367. The fourth-order valence-electron chi connectivity index (χ4n) is 2.15. The molecule has 17 heavy (non-hydrogen) atoms. The SMILES string of the molecule is CC(CO)C(C)NC1CCOc2ccccc21. The number of hydrogen-bond acceptors (Lipinski definition) is 3. The number of fused-ring (bicyclic) bond motifs is 1. The van der Waals surface area contributed by atoms with Crippen molar-refractivity contribution in [1.29, 1.82) is 0 Å². The van der Waals surface area contributed by atoms with E-state index in [9.17, 15) is 0 Å². The lowest BCUT2D eigenvalue weighted by molar-refractivity contribution is 0.187. The van der Waals surface area contributed by atoms with Gasteiger partial charge in [0.05, 0.1) is 6.61 Å². The molecule has 1 heterocycles. The molecule has 0 saturated heterocycles. The molecule has 0 aliphatic carbocycles. The molecule has 0 amide bonds. The van der Waals surface area contributed by atoms with Gasteiger partial charge in [0.25, 0.3) is 0 Å². The van der Waals surface area contributed by atoms with Crippen molar-refractivity contribution < 1.29 is 9.84 Å². The molecule has 1 aromatic rings. The van der Waals surface area contributed by atoms with Crippen LogP contribution in [-0.4, -0.2) is 24.4 Å². The highest BCUT2D eigenvalue weighted by Crippen LogP contribution is 2.32. The number of ether oxygens (including phenoxy) is 1. The van der Waals surface area contributed by atoms with E-state index in [0.717, 1.165) is 18.8 Å².